The highest BCUT2D eigenvalue weighted by atomic mass is 16.4. The lowest BCUT2D eigenvalue weighted by molar-refractivity contribution is -0.153. The number of carbonyl (C=O) groups is 3. The smallest absolute Gasteiger partial charge is 0.310 e. The predicted octanol–water partition coefficient (Wildman–Crippen LogP) is 1.30. The molecule has 2 amide bonds. The van der Waals surface area contributed by atoms with Crippen LogP contribution in [0, 0.1) is 11.3 Å². The average Bonchev–Trinajstić information content (AvgIpc) is 3.17. The van der Waals surface area contributed by atoms with Crippen molar-refractivity contribution in [2.24, 2.45) is 11.3 Å². The number of amides is 2. The fourth-order valence-electron chi connectivity index (χ4n) is 1.93. The van der Waals surface area contributed by atoms with Crippen LogP contribution in [-0.4, -0.2) is 35.5 Å². The minimum atomic E-state index is -1.06. The Morgan fingerprint density at radius 2 is 1.86 bits per heavy atom. The van der Waals surface area contributed by atoms with Gasteiger partial charge < -0.3 is 15.7 Å². The molecule has 1 unspecified atom stereocenters. The second kappa shape index (κ2) is 7.43. The molecule has 1 atom stereocenters. The molecule has 1 saturated carbocycles. The van der Waals surface area contributed by atoms with Gasteiger partial charge in [-0.15, -0.1) is 0 Å². The van der Waals surface area contributed by atoms with Crippen LogP contribution in [0.2, 0.25) is 0 Å². The largest absolute Gasteiger partial charge is 0.481 e. The van der Waals surface area contributed by atoms with E-state index in [0.717, 1.165) is 12.8 Å². The Bertz CT molecular complexity index is 404. The summed E-state index contributed by atoms with van der Waals surface area (Å²) in [6.45, 7) is 5.57. The highest BCUT2D eigenvalue weighted by Crippen LogP contribution is 2.31. The van der Waals surface area contributed by atoms with Gasteiger partial charge in [-0.1, -0.05) is 13.8 Å². The summed E-state index contributed by atoms with van der Waals surface area (Å²) in [5.74, 6) is -1.36. The van der Waals surface area contributed by atoms with Gasteiger partial charge in [-0.05, 0) is 32.1 Å². The Labute approximate surface area is 125 Å². The fourth-order valence-corrected chi connectivity index (χ4v) is 1.93. The minimum absolute atomic E-state index is 0.0179. The first-order chi connectivity index (χ1) is 9.75. The third kappa shape index (κ3) is 5.73. The molecule has 21 heavy (non-hydrogen) atoms. The molecule has 6 heteroatoms. The summed E-state index contributed by atoms with van der Waals surface area (Å²) in [4.78, 5) is 34.6. The molecule has 0 bridgehead atoms. The van der Waals surface area contributed by atoms with Crippen LogP contribution in [0.5, 0.6) is 0 Å². The number of nitrogens with one attached hydrogen (secondary N) is 2. The zero-order valence-electron chi connectivity index (χ0n) is 13.1. The van der Waals surface area contributed by atoms with Gasteiger partial charge in [0, 0.05) is 25.4 Å². The van der Waals surface area contributed by atoms with Crippen LogP contribution in [0.3, 0.4) is 0 Å². The van der Waals surface area contributed by atoms with Crippen molar-refractivity contribution in [1.29, 1.82) is 0 Å². The number of carboxylic acids is 1. The average molecular weight is 298 g/mol. The quantitative estimate of drug-likeness (QED) is 0.559. The van der Waals surface area contributed by atoms with Gasteiger partial charge in [0.25, 0.3) is 0 Å². The summed E-state index contributed by atoms with van der Waals surface area (Å²) in [6.07, 6.45) is 3.03. The second-order valence-corrected chi connectivity index (χ2v) is 6.35. The lowest BCUT2D eigenvalue weighted by Gasteiger charge is -2.28. The molecule has 0 saturated heterocycles. The van der Waals surface area contributed by atoms with Crippen LogP contribution >= 0.6 is 0 Å². The molecule has 0 aromatic rings. The second-order valence-electron chi connectivity index (χ2n) is 6.35. The Morgan fingerprint density at radius 1 is 1.24 bits per heavy atom. The van der Waals surface area contributed by atoms with Gasteiger partial charge in [-0.2, -0.15) is 0 Å². The molecular formula is C15H26N2O4. The van der Waals surface area contributed by atoms with Crippen molar-refractivity contribution in [2.45, 2.75) is 58.9 Å². The number of hydrogen-bond donors (Lipinski definition) is 3. The Balaban J connectivity index is 2.23. The van der Waals surface area contributed by atoms with Crippen molar-refractivity contribution in [3.63, 3.8) is 0 Å². The number of rotatable bonds is 9. The molecule has 0 radical (unpaired) electrons. The van der Waals surface area contributed by atoms with Crippen LogP contribution < -0.4 is 10.6 Å². The van der Waals surface area contributed by atoms with Crippen molar-refractivity contribution in [2.75, 3.05) is 6.54 Å². The first kappa shape index (κ1) is 17.5. The van der Waals surface area contributed by atoms with Gasteiger partial charge in [0.05, 0.1) is 5.41 Å². The van der Waals surface area contributed by atoms with E-state index in [4.69, 9.17) is 0 Å². The zero-order chi connectivity index (χ0) is 16.0. The summed E-state index contributed by atoms with van der Waals surface area (Å²) in [6, 6.07) is 0.356. The van der Waals surface area contributed by atoms with Gasteiger partial charge in [0.1, 0.15) is 0 Å². The molecule has 1 aliphatic rings. The lowest BCUT2D eigenvalue weighted by Crippen LogP contribution is -2.39. The summed E-state index contributed by atoms with van der Waals surface area (Å²) in [5.41, 5.74) is -1.06. The summed E-state index contributed by atoms with van der Waals surface area (Å²) in [5, 5.41) is 14.8. The van der Waals surface area contributed by atoms with Crippen molar-refractivity contribution in [1.82, 2.24) is 10.6 Å². The van der Waals surface area contributed by atoms with Crippen molar-refractivity contribution in [3.05, 3.63) is 0 Å². The predicted molar refractivity (Wildman–Crippen MR) is 78.6 cm³/mol. The maximum absolute atomic E-state index is 11.8. The molecule has 1 rings (SSSR count). The maximum atomic E-state index is 11.8. The molecule has 1 aliphatic carbocycles. The van der Waals surface area contributed by atoms with Gasteiger partial charge in [0.2, 0.25) is 11.8 Å². The van der Waals surface area contributed by atoms with Crippen LogP contribution in [0.25, 0.3) is 0 Å². The summed E-state index contributed by atoms with van der Waals surface area (Å²) >= 11 is 0. The molecule has 0 heterocycles. The molecule has 0 spiro atoms. The third-order valence-electron chi connectivity index (χ3n) is 4.14. The van der Waals surface area contributed by atoms with E-state index in [1.807, 2.05) is 0 Å². The molecule has 0 aromatic heterocycles. The molecule has 6 nitrogen and oxygen atoms in total. The van der Waals surface area contributed by atoms with Gasteiger partial charge in [0.15, 0.2) is 0 Å². The van der Waals surface area contributed by atoms with E-state index in [2.05, 4.69) is 10.6 Å². The molecule has 3 N–H and O–H groups in total. The van der Waals surface area contributed by atoms with Gasteiger partial charge >= 0.3 is 5.97 Å². The molecule has 0 aliphatic heterocycles. The topological polar surface area (TPSA) is 95.5 Å². The number of hydrogen-bond acceptors (Lipinski definition) is 3. The number of carbonyl (C=O) groups excluding carboxylic acids is 2. The van der Waals surface area contributed by atoms with Gasteiger partial charge in [-0.3, -0.25) is 14.4 Å². The van der Waals surface area contributed by atoms with Crippen LogP contribution in [0.15, 0.2) is 0 Å². The van der Waals surface area contributed by atoms with Crippen molar-refractivity contribution >= 4 is 17.8 Å². The highest BCUT2D eigenvalue weighted by molar-refractivity contribution is 5.85. The van der Waals surface area contributed by atoms with E-state index in [0.29, 0.717) is 25.4 Å². The fraction of sp³-hybridized carbons (Fsp3) is 0.800. The van der Waals surface area contributed by atoms with Crippen molar-refractivity contribution < 1.29 is 19.5 Å². The first-order valence-electron chi connectivity index (χ1n) is 7.55. The van der Waals surface area contributed by atoms with E-state index in [-0.39, 0.29) is 24.2 Å². The van der Waals surface area contributed by atoms with Crippen LogP contribution in [0.4, 0.5) is 0 Å². The molecule has 0 aromatic carbocycles. The normalized spacial score (nSPS) is 17.1. The third-order valence-corrected chi connectivity index (χ3v) is 4.14. The SMILES string of the molecule is CC(C)C(C)(CC(=O)NCCCC(=O)NC1CC1)C(=O)O. The lowest BCUT2D eigenvalue weighted by atomic mass is 9.76. The molecular weight excluding hydrogens is 272 g/mol. The Kier molecular flexibility index (Phi) is 6.18. The van der Waals surface area contributed by atoms with E-state index < -0.39 is 11.4 Å². The van der Waals surface area contributed by atoms with E-state index in [1.165, 1.54) is 0 Å². The standard InChI is InChI=1S/C15H26N2O4/c1-10(2)15(3,14(20)21)9-13(19)16-8-4-5-12(18)17-11-6-7-11/h10-11H,4-9H2,1-3H3,(H,16,19)(H,17,18)(H,20,21). The van der Waals surface area contributed by atoms with Crippen LogP contribution in [-0.2, 0) is 14.4 Å². The van der Waals surface area contributed by atoms with Crippen LogP contribution in [0.1, 0.15) is 52.9 Å². The Morgan fingerprint density at radius 3 is 2.33 bits per heavy atom. The van der Waals surface area contributed by atoms with E-state index in [1.54, 1.807) is 20.8 Å². The molecule has 1 fully saturated rings. The highest BCUT2D eigenvalue weighted by Gasteiger charge is 2.38. The van der Waals surface area contributed by atoms with Gasteiger partial charge in [-0.25, -0.2) is 0 Å². The monoisotopic (exact) mass is 298 g/mol. The summed E-state index contributed by atoms with van der Waals surface area (Å²) < 4.78 is 0. The van der Waals surface area contributed by atoms with E-state index in [9.17, 15) is 19.5 Å². The minimum Gasteiger partial charge on any atom is -0.481 e. The maximum Gasteiger partial charge on any atom is 0.310 e. The summed E-state index contributed by atoms with van der Waals surface area (Å²) in [7, 11) is 0. The van der Waals surface area contributed by atoms with E-state index >= 15 is 0 Å². The molecule has 120 valence electrons. The number of aliphatic carboxylic acids is 1. The zero-order valence-corrected chi connectivity index (χ0v) is 13.1. The first-order valence-corrected chi connectivity index (χ1v) is 7.55. The number of carboxylic acid groups (broad SMARTS) is 1. The van der Waals surface area contributed by atoms with Crippen molar-refractivity contribution in [3.8, 4) is 0 Å². The Hall–Kier alpha value is -1.59.